The van der Waals surface area contributed by atoms with Gasteiger partial charge in [0.2, 0.25) is 21.8 Å². The summed E-state index contributed by atoms with van der Waals surface area (Å²) < 4.78 is 26.9. The molecule has 3 aromatic carbocycles. The van der Waals surface area contributed by atoms with Gasteiger partial charge in [-0.3, -0.25) is 13.9 Å². The number of sulfonamides is 1. The number of carbonyl (C=O) groups is 2. The van der Waals surface area contributed by atoms with Crippen LogP contribution in [0.4, 0.5) is 5.69 Å². The molecule has 0 aliphatic carbocycles. The number of nitrogens with zero attached hydrogens (tertiary/aromatic N) is 2. The molecule has 0 fully saturated rings. The van der Waals surface area contributed by atoms with Crippen molar-refractivity contribution in [1.29, 1.82) is 0 Å². The predicted molar refractivity (Wildman–Crippen MR) is 163 cm³/mol. The van der Waals surface area contributed by atoms with Crippen molar-refractivity contribution in [2.24, 2.45) is 0 Å². The van der Waals surface area contributed by atoms with Crippen LogP contribution in [-0.2, 0) is 32.6 Å². The summed E-state index contributed by atoms with van der Waals surface area (Å²) >= 11 is 18.6. The first kappa shape index (κ1) is 31.7. The molecule has 0 bridgehead atoms. The van der Waals surface area contributed by atoms with Gasteiger partial charge in [0, 0.05) is 24.0 Å². The zero-order valence-electron chi connectivity index (χ0n) is 22.7. The summed E-state index contributed by atoms with van der Waals surface area (Å²) in [6, 6.07) is 18.0. The van der Waals surface area contributed by atoms with E-state index in [1.807, 2.05) is 44.2 Å². The molecule has 1 N–H and O–H groups in total. The first-order valence-electron chi connectivity index (χ1n) is 12.6. The number of rotatable bonds is 11. The molecule has 0 unspecified atom stereocenters. The van der Waals surface area contributed by atoms with Gasteiger partial charge in [0.25, 0.3) is 0 Å². The summed E-state index contributed by atoms with van der Waals surface area (Å²) in [6.45, 7) is 4.79. The molecule has 214 valence electrons. The SMILES string of the molecule is Cc1c(Cl)cccc1N(CC(=O)N(Cc1ccc(Cl)c(Cl)c1)[C@@H](Cc1ccccc1)C(=O)NC(C)C)S(C)(=O)=O. The Morgan fingerprint density at radius 1 is 0.875 bits per heavy atom. The molecular weight excluding hydrogens is 593 g/mol. The molecule has 0 heterocycles. The summed E-state index contributed by atoms with van der Waals surface area (Å²) in [7, 11) is -3.91. The normalized spacial score (nSPS) is 12.2. The average molecular weight is 625 g/mol. The summed E-state index contributed by atoms with van der Waals surface area (Å²) in [5.74, 6) is -0.937. The number of nitrogens with one attached hydrogen (secondary N) is 1. The quantitative estimate of drug-likeness (QED) is 0.289. The van der Waals surface area contributed by atoms with Gasteiger partial charge in [0.15, 0.2) is 0 Å². The van der Waals surface area contributed by atoms with E-state index in [4.69, 9.17) is 34.8 Å². The lowest BCUT2D eigenvalue weighted by molar-refractivity contribution is -0.140. The zero-order valence-corrected chi connectivity index (χ0v) is 25.8. The van der Waals surface area contributed by atoms with Gasteiger partial charge in [-0.2, -0.15) is 0 Å². The minimum absolute atomic E-state index is 0.00906. The predicted octanol–water partition coefficient (Wildman–Crippen LogP) is 5.89. The van der Waals surface area contributed by atoms with E-state index in [0.717, 1.165) is 16.1 Å². The molecule has 0 saturated heterocycles. The summed E-state index contributed by atoms with van der Waals surface area (Å²) in [5.41, 5.74) is 2.26. The van der Waals surface area contributed by atoms with E-state index >= 15 is 0 Å². The molecular formula is C29H32Cl3N3O4S. The Balaban J connectivity index is 2.10. The topological polar surface area (TPSA) is 86.8 Å². The standard InChI is InChI=1S/C29H32Cl3N3O4S/c1-19(2)33-29(37)27(16-21-9-6-5-7-10-21)34(17-22-13-14-24(31)25(32)15-22)28(36)18-35(40(4,38)39)26-12-8-11-23(30)20(26)3/h5-15,19,27H,16-18H2,1-4H3,(H,33,37)/t27-/m0/s1. The molecule has 40 heavy (non-hydrogen) atoms. The summed E-state index contributed by atoms with van der Waals surface area (Å²) in [6.07, 6.45) is 1.23. The summed E-state index contributed by atoms with van der Waals surface area (Å²) in [4.78, 5) is 29.1. The average Bonchev–Trinajstić information content (AvgIpc) is 2.88. The van der Waals surface area contributed by atoms with Crippen LogP contribution in [0.25, 0.3) is 0 Å². The van der Waals surface area contributed by atoms with Crippen molar-refractivity contribution in [3.63, 3.8) is 0 Å². The second kappa shape index (κ2) is 13.7. The van der Waals surface area contributed by atoms with Gasteiger partial charge in [0.05, 0.1) is 22.0 Å². The zero-order chi connectivity index (χ0) is 29.6. The van der Waals surface area contributed by atoms with Crippen LogP contribution in [0.1, 0.15) is 30.5 Å². The Hall–Kier alpha value is -2.78. The van der Waals surface area contributed by atoms with Gasteiger partial charge in [0.1, 0.15) is 12.6 Å². The molecule has 0 aliphatic rings. The Morgan fingerprint density at radius 2 is 1.55 bits per heavy atom. The van der Waals surface area contributed by atoms with Crippen LogP contribution in [0.5, 0.6) is 0 Å². The fraction of sp³-hybridized carbons (Fsp3) is 0.310. The molecule has 0 saturated carbocycles. The number of hydrogen-bond donors (Lipinski definition) is 1. The lowest BCUT2D eigenvalue weighted by Crippen LogP contribution is -2.54. The van der Waals surface area contributed by atoms with Crippen molar-refractivity contribution >= 4 is 62.3 Å². The highest BCUT2D eigenvalue weighted by Crippen LogP contribution is 2.29. The van der Waals surface area contributed by atoms with E-state index in [9.17, 15) is 18.0 Å². The maximum Gasteiger partial charge on any atom is 0.244 e. The third-order valence-electron chi connectivity index (χ3n) is 6.23. The fourth-order valence-electron chi connectivity index (χ4n) is 4.23. The fourth-order valence-corrected chi connectivity index (χ4v) is 5.62. The molecule has 11 heteroatoms. The number of hydrogen-bond acceptors (Lipinski definition) is 4. The van der Waals surface area contributed by atoms with Crippen LogP contribution in [0.2, 0.25) is 15.1 Å². The Labute approximate surface area is 251 Å². The molecule has 0 aromatic heterocycles. The highest BCUT2D eigenvalue weighted by molar-refractivity contribution is 7.92. The van der Waals surface area contributed by atoms with Crippen LogP contribution in [0, 0.1) is 6.92 Å². The minimum atomic E-state index is -3.91. The second-order valence-electron chi connectivity index (χ2n) is 9.79. The third kappa shape index (κ3) is 8.36. The molecule has 1 atom stereocenters. The van der Waals surface area contributed by atoms with Crippen LogP contribution in [-0.4, -0.2) is 50.0 Å². The van der Waals surface area contributed by atoms with E-state index in [0.29, 0.717) is 26.2 Å². The lowest BCUT2D eigenvalue weighted by Gasteiger charge is -2.34. The van der Waals surface area contributed by atoms with Crippen molar-refractivity contribution in [3.8, 4) is 0 Å². The first-order chi connectivity index (χ1) is 18.8. The van der Waals surface area contributed by atoms with Crippen LogP contribution >= 0.6 is 34.8 Å². The molecule has 0 radical (unpaired) electrons. The monoisotopic (exact) mass is 623 g/mol. The van der Waals surface area contributed by atoms with Crippen molar-refractivity contribution in [2.75, 3.05) is 17.1 Å². The van der Waals surface area contributed by atoms with Crippen LogP contribution < -0.4 is 9.62 Å². The maximum atomic E-state index is 14.1. The van der Waals surface area contributed by atoms with Gasteiger partial charge in [-0.25, -0.2) is 8.42 Å². The molecule has 0 aliphatic heterocycles. The van der Waals surface area contributed by atoms with Crippen LogP contribution in [0.3, 0.4) is 0 Å². The smallest absolute Gasteiger partial charge is 0.244 e. The van der Waals surface area contributed by atoms with Gasteiger partial charge in [-0.1, -0.05) is 77.3 Å². The second-order valence-corrected chi connectivity index (χ2v) is 12.9. The maximum absolute atomic E-state index is 14.1. The van der Waals surface area contributed by atoms with Crippen molar-refractivity contribution in [1.82, 2.24) is 10.2 Å². The number of carbonyl (C=O) groups excluding carboxylic acids is 2. The number of anilines is 1. The molecule has 2 amide bonds. The largest absolute Gasteiger partial charge is 0.352 e. The van der Waals surface area contributed by atoms with E-state index in [-0.39, 0.29) is 30.6 Å². The van der Waals surface area contributed by atoms with Crippen molar-refractivity contribution in [3.05, 3.63) is 98.5 Å². The molecule has 0 spiro atoms. The highest BCUT2D eigenvalue weighted by atomic mass is 35.5. The van der Waals surface area contributed by atoms with E-state index in [1.165, 1.54) is 4.90 Å². The minimum Gasteiger partial charge on any atom is -0.352 e. The summed E-state index contributed by atoms with van der Waals surface area (Å²) in [5, 5.41) is 3.92. The van der Waals surface area contributed by atoms with Gasteiger partial charge in [-0.05, 0) is 61.7 Å². The third-order valence-corrected chi connectivity index (χ3v) is 8.50. The first-order valence-corrected chi connectivity index (χ1v) is 15.6. The van der Waals surface area contributed by atoms with Gasteiger partial charge >= 0.3 is 0 Å². The Morgan fingerprint density at radius 3 is 2.15 bits per heavy atom. The van der Waals surface area contributed by atoms with E-state index < -0.39 is 28.5 Å². The highest BCUT2D eigenvalue weighted by Gasteiger charge is 2.33. The van der Waals surface area contributed by atoms with Gasteiger partial charge in [-0.15, -0.1) is 0 Å². The van der Waals surface area contributed by atoms with Crippen molar-refractivity contribution < 1.29 is 18.0 Å². The van der Waals surface area contributed by atoms with E-state index in [2.05, 4.69) is 5.32 Å². The number of halogens is 3. The van der Waals surface area contributed by atoms with Crippen molar-refractivity contribution in [2.45, 2.75) is 45.8 Å². The van der Waals surface area contributed by atoms with Crippen LogP contribution in [0.15, 0.2) is 66.7 Å². The van der Waals surface area contributed by atoms with Gasteiger partial charge < -0.3 is 10.2 Å². The number of amides is 2. The van der Waals surface area contributed by atoms with E-state index in [1.54, 1.807) is 43.3 Å². The molecule has 3 aromatic rings. The molecule has 7 nitrogen and oxygen atoms in total. The number of benzene rings is 3. The Bertz CT molecular complexity index is 1470. The molecule has 3 rings (SSSR count). The lowest BCUT2D eigenvalue weighted by atomic mass is 10.0. The Kier molecular flexibility index (Phi) is 10.9.